The zero-order valence-electron chi connectivity index (χ0n) is 38.1. The van der Waals surface area contributed by atoms with Gasteiger partial charge < -0.3 is 14.2 Å². The molecule has 0 spiro atoms. The number of carbonyl (C=O) groups is 3. The highest BCUT2D eigenvalue weighted by Gasteiger charge is 2.19. The molecule has 0 aromatic heterocycles. The highest BCUT2D eigenvalue weighted by Crippen LogP contribution is 2.17. The average Bonchev–Trinajstić information content (AvgIpc) is 3.19. The molecular formula is C50H96O6. The first-order valence-electron chi connectivity index (χ1n) is 24.9. The van der Waals surface area contributed by atoms with E-state index in [-0.39, 0.29) is 31.1 Å². The lowest BCUT2D eigenvalue weighted by Gasteiger charge is -2.18. The minimum atomic E-state index is -0.760. The summed E-state index contributed by atoms with van der Waals surface area (Å²) in [6.45, 7) is 9.02. The molecule has 0 rings (SSSR count). The molecule has 0 saturated carbocycles. The summed E-state index contributed by atoms with van der Waals surface area (Å²) in [5.74, 6) is -0.000526. The molecule has 0 bridgehead atoms. The Morgan fingerprint density at radius 1 is 0.357 bits per heavy atom. The topological polar surface area (TPSA) is 78.9 Å². The predicted molar refractivity (Wildman–Crippen MR) is 238 cm³/mol. The summed E-state index contributed by atoms with van der Waals surface area (Å²) >= 11 is 0. The van der Waals surface area contributed by atoms with E-state index in [4.69, 9.17) is 14.2 Å². The number of rotatable bonds is 45. The van der Waals surface area contributed by atoms with Crippen molar-refractivity contribution >= 4 is 17.9 Å². The molecule has 0 amide bonds. The zero-order valence-corrected chi connectivity index (χ0v) is 38.1. The Morgan fingerprint density at radius 2 is 0.625 bits per heavy atom. The van der Waals surface area contributed by atoms with Crippen LogP contribution in [0.15, 0.2) is 0 Å². The number of hydrogen-bond donors (Lipinski definition) is 0. The van der Waals surface area contributed by atoms with Crippen LogP contribution >= 0.6 is 0 Å². The van der Waals surface area contributed by atoms with E-state index in [9.17, 15) is 14.4 Å². The lowest BCUT2D eigenvalue weighted by Crippen LogP contribution is -2.30. The lowest BCUT2D eigenvalue weighted by molar-refractivity contribution is -0.167. The maximum atomic E-state index is 12.7. The number of unbranched alkanes of at least 4 members (excludes halogenated alkanes) is 31. The standard InChI is InChI=1S/C50H96O6/c1-5-8-10-12-14-16-18-20-21-23-24-29-33-37-41-48(51)54-44-47(56-50(53)43-39-35-31-25-22-19-17-15-13-11-9-6-2)45-55-49(52)42-38-34-30-27-26-28-32-36-40-46(4)7-3/h46-47H,5-45H2,1-4H3/t46?,47-/m1/s1. The summed E-state index contributed by atoms with van der Waals surface area (Å²) in [5.41, 5.74) is 0. The van der Waals surface area contributed by atoms with Crippen molar-refractivity contribution in [3.8, 4) is 0 Å². The van der Waals surface area contributed by atoms with E-state index in [1.54, 1.807) is 0 Å². The molecule has 2 atom stereocenters. The van der Waals surface area contributed by atoms with Crippen LogP contribution in [-0.2, 0) is 28.6 Å². The van der Waals surface area contributed by atoms with Crippen LogP contribution in [0, 0.1) is 5.92 Å². The second-order valence-electron chi connectivity index (χ2n) is 17.3. The first kappa shape index (κ1) is 54.4. The number of esters is 3. The van der Waals surface area contributed by atoms with E-state index in [0.29, 0.717) is 19.3 Å². The Bertz CT molecular complexity index is 843. The smallest absolute Gasteiger partial charge is 0.306 e. The van der Waals surface area contributed by atoms with Crippen LogP contribution in [0.1, 0.15) is 278 Å². The quantitative estimate of drug-likeness (QED) is 0.0347. The molecule has 332 valence electrons. The van der Waals surface area contributed by atoms with E-state index >= 15 is 0 Å². The third-order valence-electron chi connectivity index (χ3n) is 11.7. The van der Waals surface area contributed by atoms with Crippen molar-refractivity contribution in [2.75, 3.05) is 13.2 Å². The SMILES string of the molecule is CCCCCCCCCCCCCCCCC(=O)OC[C@H](COC(=O)CCCCCCCCCCC(C)CC)OC(=O)CCCCCCCCCCCCCC. The maximum absolute atomic E-state index is 12.7. The van der Waals surface area contributed by atoms with Crippen LogP contribution < -0.4 is 0 Å². The largest absolute Gasteiger partial charge is 0.462 e. The van der Waals surface area contributed by atoms with Crippen molar-refractivity contribution in [1.82, 2.24) is 0 Å². The summed E-state index contributed by atoms with van der Waals surface area (Å²) in [6, 6.07) is 0. The second-order valence-corrected chi connectivity index (χ2v) is 17.3. The van der Waals surface area contributed by atoms with Crippen LogP contribution in [0.5, 0.6) is 0 Å². The van der Waals surface area contributed by atoms with Crippen molar-refractivity contribution in [2.24, 2.45) is 5.92 Å². The van der Waals surface area contributed by atoms with Gasteiger partial charge in [0.05, 0.1) is 0 Å². The van der Waals surface area contributed by atoms with Gasteiger partial charge >= 0.3 is 17.9 Å². The minimum absolute atomic E-state index is 0.0632. The third kappa shape index (κ3) is 42.0. The second kappa shape index (κ2) is 44.5. The molecule has 0 aromatic carbocycles. The zero-order chi connectivity index (χ0) is 41.0. The Kier molecular flexibility index (Phi) is 43.2. The van der Waals surface area contributed by atoms with Crippen molar-refractivity contribution in [1.29, 1.82) is 0 Å². The normalized spacial score (nSPS) is 12.4. The highest BCUT2D eigenvalue weighted by molar-refractivity contribution is 5.71. The fraction of sp³-hybridized carbons (Fsp3) is 0.940. The molecule has 0 aliphatic rings. The molecule has 0 N–H and O–H groups in total. The molecule has 0 aliphatic heterocycles. The minimum Gasteiger partial charge on any atom is -0.462 e. The number of ether oxygens (including phenoxy) is 3. The van der Waals surface area contributed by atoms with Gasteiger partial charge in [0.25, 0.3) is 0 Å². The third-order valence-corrected chi connectivity index (χ3v) is 11.7. The summed E-state index contributed by atoms with van der Waals surface area (Å²) in [6.07, 6.45) is 45.0. The monoisotopic (exact) mass is 793 g/mol. The van der Waals surface area contributed by atoms with Crippen LogP contribution in [-0.4, -0.2) is 37.2 Å². The average molecular weight is 793 g/mol. The van der Waals surface area contributed by atoms with Crippen LogP contribution in [0.3, 0.4) is 0 Å². The Balaban J connectivity index is 4.32. The molecular weight excluding hydrogens is 697 g/mol. The molecule has 0 aromatic rings. The van der Waals surface area contributed by atoms with E-state index in [0.717, 1.165) is 63.7 Å². The predicted octanol–water partition coefficient (Wildman–Crippen LogP) is 15.9. The Hall–Kier alpha value is -1.59. The fourth-order valence-electron chi connectivity index (χ4n) is 7.48. The number of carbonyl (C=O) groups excluding carboxylic acids is 3. The van der Waals surface area contributed by atoms with Gasteiger partial charge in [-0.15, -0.1) is 0 Å². The molecule has 0 aliphatic carbocycles. The first-order valence-corrected chi connectivity index (χ1v) is 24.9. The van der Waals surface area contributed by atoms with Gasteiger partial charge in [-0.05, 0) is 25.2 Å². The van der Waals surface area contributed by atoms with Gasteiger partial charge in [0.1, 0.15) is 13.2 Å². The van der Waals surface area contributed by atoms with Gasteiger partial charge in [-0.2, -0.15) is 0 Å². The highest BCUT2D eigenvalue weighted by atomic mass is 16.6. The molecule has 0 fully saturated rings. The van der Waals surface area contributed by atoms with Crippen LogP contribution in [0.2, 0.25) is 0 Å². The Morgan fingerprint density at radius 3 is 0.929 bits per heavy atom. The molecule has 0 saturated heterocycles. The van der Waals surface area contributed by atoms with E-state index in [1.165, 1.54) is 173 Å². The molecule has 1 unspecified atom stereocenters. The van der Waals surface area contributed by atoms with Gasteiger partial charge in [-0.1, -0.05) is 240 Å². The summed E-state index contributed by atoms with van der Waals surface area (Å²) in [4.78, 5) is 37.8. The van der Waals surface area contributed by atoms with Crippen LogP contribution in [0.25, 0.3) is 0 Å². The summed E-state index contributed by atoms with van der Waals surface area (Å²) < 4.78 is 16.8. The van der Waals surface area contributed by atoms with Gasteiger partial charge in [-0.25, -0.2) is 0 Å². The number of hydrogen-bond acceptors (Lipinski definition) is 6. The van der Waals surface area contributed by atoms with Gasteiger partial charge in [0.15, 0.2) is 6.10 Å². The van der Waals surface area contributed by atoms with Gasteiger partial charge in [0.2, 0.25) is 0 Å². The van der Waals surface area contributed by atoms with Gasteiger partial charge in [-0.3, -0.25) is 14.4 Å². The van der Waals surface area contributed by atoms with E-state index in [1.807, 2.05) is 0 Å². The Labute approximate surface area is 348 Å². The van der Waals surface area contributed by atoms with Crippen molar-refractivity contribution in [3.05, 3.63) is 0 Å². The van der Waals surface area contributed by atoms with Crippen molar-refractivity contribution in [2.45, 2.75) is 284 Å². The molecule has 0 heterocycles. The first-order chi connectivity index (χ1) is 27.4. The molecule has 6 heteroatoms. The molecule has 56 heavy (non-hydrogen) atoms. The van der Waals surface area contributed by atoms with Crippen LogP contribution in [0.4, 0.5) is 0 Å². The summed E-state index contributed by atoms with van der Waals surface area (Å²) in [7, 11) is 0. The molecule has 6 nitrogen and oxygen atoms in total. The van der Waals surface area contributed by atoms with Crippen molar-refractivity contribution < 1.29 is 28.6 Å². The van der Waals surface area contributed by atoms with E-state index < -0.39 is 6.10 Å². The maximum Gasteiger partial charge on any atom is 0.306 e. The van der Waals surface area contributed by atoms with Gasteiger partial charge in [0, 0.05) is 19.3 Å². The van der Waals surface area contributed by atoms with Crippen molar-refractivity contribution in [3.63, 3.8) is 0 Å². The lowest BCUT2D eigenvalue weighted by atomic mass is 9.99. The molecule has 0 radical (unpaired) electrons. The van der Waals surface area contributed by atoms with E-state index in [2.05, 4.69) is 27.7 Å². The summed E-state index contributed by atoms with van der Waals surface area (Å²) in [5, 5.41) is 0. The fourth-order valence-corrected chi connectivity index (χ4v) is 7.48.